The second kappa shape index (κ2) is 33.6. The van der Waals surface area contributed by atoms with Crippen molar-refractivity contribution >= 4 is 21.6 Å². The second-order valence-electron chi connectivity index (χ2n) is 9.25. The molecule has 0 heterocycles. The fourth-order valence-corrected chi connectivity index (χ4v) is 5.80. The van der Waals surface area contributed by atoms with Gasteiger partial charge < -0.3 is 4.90 Å². The molecule has 0 N–H and O–H groups in total. The Morgan fingerprint density at radius 3 is 1.50 bits per heavy atom. The van der Waals surface area contributed by atoms with Gasteiger partial charge in [0.25, 0.3) is 0 Å². The molecule has 0 aliphatic carbocycles. The Kier molecular flexibility index (Phi) is 36.3. The Morgan fingerprint density at radius 2 is 1.00 bits per heavy atom. The highest BCUT2D eigenvalue weighted by Crippen LogP contribution is 2.21. The molecule has 0 atom stereocenters. The molecule has 0 aromatic heterocycles. The molecule has 0 saturated heterocycles. The molecular weight excluding hydrogens is 426 g/mol. The van der Waals surface area contributed by atoms with Crippen LogP contribution in [-0.4, -0.2) is 36.5 Å². The van der Waals surface area contributed by atoms with Gasteiger partial charge >= 0.3 is 0 Å². The SMILES string of the molecule is C/C=C\CCCCCCCCC.CCCCCCCCCCCN(C)CCSSCCC. The Morgan fingerprint density at radius 1 is 0.531 bits per heavy atom. The summed E-state index contributed by atoms with van der Waals surface area (Å²) in [5.74, 6) is 2.57. The lowest BCUT2D eigenvalue weighted by molar-refractivity contribution is 0.343. The molecule has 0 rings (SSSR count). The third-order valence-corrected chi connectivity index (χ3v) is 8.37. The van der Waals surface area contributed by atoms with E-state index in [0.717, 1.165) is 0 Å². The lowest BCUT2D eigenvalue weighted by Crippen LogP contribution is -2.22. The lowest BCUT2D eigenvalue weighted by Gasteiger charge is -2.15. The smallest absolute Gasteiger partial charge is 0.0165 e. The largest absolute Gasteiger partial charge is 0.306 e. The third-order valence-electron chi connectivity index (χ3n) is 5.78. The molecule has 3 heteroatoms. The molecule has 32 heavy (non-hydrogen) atoms. The van der Waals surface area contributed by atoms with Crippen LogP contribution in [0.2, 0.25) is 0 Å². The van der Waals surface area contributed by atoms with Crippen LogP contribution < -0.4 is 0 Å². The van der Waals surface area contributed by atoms with E-state index in [1.807, 2.05) is 21.6 Å². The molecule has 0 aromatic carbocycles. The van der Waals surface area contributed by atoms with Crippen molar-refractivity contribution in [2.24, 2.45) is 0 Å². The van der Waals surface area contributed by atoms with Gasteiger partial charge in [-0.25, -0.2) is 0 Å². The highest BCUT2D eigenvalue weighted by atomic mass is 33.1. The molecule has 0 saturated carbocycles. The van der Waals surface area contributed by atoms with Crippen molar-refractivity contribution in [2.75, 3.05) is 31.6 Å². The number of rotatable bonds is 24. The molecule has 0 bridgehead atoms. The number of hydrogen-bond acceptors (Lipinski definition) is 3. The van der Waals surface area contributed by atoms with Crippen LogP contribution >= 0.6 is 21.6 Å². The first-order valence-electron chi connectivity index (χ1n) is 14.3. The Labute approximate surface area is 213 Å². The van der Waals surface area contributed by atoms with E-state index in [1.165, 1.54) is 140 Å². The highest BCUT2D eigenvalue weighted by molar-refractivity contribution is 8.76. The summed E-state index contributed by atoms with van der Waals surface area (Å²) in [6, 6.07) is 0. The van der Waals surface area contributed by atoms with Gasteiger partial charge in [-0.2, -0.15) is 0 Å². The number of hydrogen-bond donors (Lipinski definition) is 0. The van der Waals surface area contributed by atoms with Gasteiger partial charge in [-0.3, -0.25) is 0 Å². The van der Waals surface area contributed by atoms with Crippen LogP contribution in [0.3, 0.4) is 0 Å². The fourth-order valence-electron chi connectivity index (χ4n) is 3.58. The molecule has 0 aromatic rings. The van der Waals surface area contributed by atoms with Crippen LogP contribution in [0.5, 0.6) is 0 Å². The van der Waals surface area contributed by atoms with Crippen LogP contribution in [0.15, 0.2) is 12.2 Å². The summed E-state index contributed by atoms with van der Waals surface area (Å²) in [7, 11) is 6.34. The van der Waals surface area contributed by atoms with Gasteiger partial charge in [0.1, 0.15) is 0 Å². The van der Waals surface area contributed by atoms with Gasteiger partial charge in [-0.05, 0) is 46.2 Å². The molecule has 0 radical (unpaired) electrons. The summed E-state index contributed by atoms with van der Waals surface area (Å²) in [6.45, 7) is 11.4. The van der Waals surface area contributed by atoms with Crippen molar-refractivity contribution in [1.29, 1.82) is 0 Å². The fraction of sp³-hybridized carbons (Fsp3) is 0.931. The van der Waals surface area contributed by atoms with E-state index in [-0.39, 0.29) is 0 Å². The Balaban J connectivity index is 0. The monoisotopic (exact) mass is 487 g/mol. The molecule has 0 aliphatic heterocycles. The van der Waals surface area contributed by atoms with Crippen molar-refractivity contribution in [1.82, 2.24) is 4.90 Å². The van der Waals surface area contributed by atoms with E-state index in [2.05, 4.69) is 51.8 Å². The molecule has 0 amide bonds. The van der Waals surface area contributed by atoms with Crippen LogP contribution in [0, 0.1) is 0 Å². The van der Waals surface area contributed by atoms with Crippen LogP contribution in [-0.2, 0) is 0 Å². The van der Waals surface area contributed by atoms with Gasteiger partial charge in [0.2, 0.25) is 0 Å². The first-order valence-corrected chi connectivity index (χ1v) is 16.8. The average molecular weight is 488 g/mol. The lowest BCUT2D eigenvalue weighted by atomic mass is 10.1. The first-order chi connectivity index (χ1) is 15.7. The van der Waals surface area contributed by atoms with Crippen LogP contribution in [0.4, 0.5) is 0 Å². The minimum Gasteiger partial charge on any atom is -0.306 e. The minimum absolute atomic E-state index is 1.25. The second-order valence-corrected chi connectivity index (χ2v) is 12.0. The van der Waals surface area contributed by atoms with Gasteiger partial charge in [0.05, 0.1) is 0 Å². The zero-order valence-electron chi connectivity index (χ0n) is 23.0. The summed E-state index contributed by atoms with van der Waals surface area (Å²) >= 11 is 0. The molecule has 0 aliphatic rings. The number of allylic oxidation sites excluding steroid dienone is 2. The maximum Gasteiger partial charge on any atom is 0.0165 e. The Bertz CT molecular complexity index is 333. The van der Waals surface area contributed by atoms with E-state index in [9.17, 15) is 0 Å². The zero-order valence-corrected chi connectivity index (χ0v) is 24.6. The van der Waals surface area contributed by atoms with Crippen molar-refractivity contribution in [2.45, 2.75) is 143 Å². The standard InChI is InChI=1S/C17H37NS2.C12H24/c1-4-6-7-8-9-10-11-12-13-14-18(3)15-17-20-19-16-5-2;1-3-5-7-9-11-12-10-8-6-4-2/h4-17H2,1-3H3;3,5H,4,6-12H2,1-2H3/b;5-3-. The summed E-state index contributed by atoms with van der Waals surface area (Å²) in [5.41, 5.74) is 0. The van der Waals surface area contributed by atoms with Gasteiger partial charge in [-0.15, -0.1) is 0 Å². The molecule has 1 nitrogen and oxygen atoms in total. The summed E-state index contributed by atoms with van der Waals surface area (Å²) < 4.78 is 0. The van der Waals surface area contributed by atoms with E-state index in [1.54, 1.807) is 0 Å². The Hall–Kier alpha value is 0.400. The topological polar surface area (TPSA) is 3.24 Å². The predicted molar refractivity (Wildman–Crippen MR) is 157 cm³/mol. The maximum absolute atomic E-state index is 2.50. The molecular formula is C29H61NS2. The predicted octanol–water partition coefficient (Wildman–Crippen LogP) is 10.9. The first kappa shape index (κ1) is 34.6. The third kappa shape index (κ3) is 35.0. The van der Waals surface area contributed by atoms with Crippen molar-refractivity contribution in [3.63, 3.8) is 0 Å². The molecule has 0 fully saturated rings. The summed E-state index contributed by atoms with van der Waals surface area (Å²) in [6.07, 6.45) is 29.8. The van der Waals surface area contributed by atoms with Crippen molar-refractivity contribution in [3.8, 4) is 0 Å². The molecule has 194 valence electrons. The summed E-state index contributed by atoms with van der Waals surface area (Å²) in [5, 5.41) is 0. The number of unbranched alkanes of at least 4 members (excludes halogenated alkanes) is 15. The summed E-state index contributed by atoms with van der Waals surface area (Å²) in [4.78, 5) is 2.50. The van der Waals surface area contributed by atoms with E-state index >= 15 is 0 Å². The average Bonchev–Trinajstić information content (AvgIpc) is 2.80. The van der Waals surface area contributed by atoms with Gasteiger partial charge in [0.15, 0.2) is 0 Å². The highest BCUT2D eigenvalue weighted by Gasteiger charge is 1.99. The normalized spacial score (nSPS) is 11.3. The van der Waals surface area contributed by atoms with E-state index < -0.39 is 0 Å². The molecule has 0 unspecified atom stereocenters. The van der Waals surface area contributed by atoms with Crippen LogP contribution in [0.1, 0.15) is 143 Å². The zero-order chi connectivity index (χ0) is 24.0. The molecule has 0 spiro atoms. The maximum atomic E-state index is 2.50. The number of nitrogens with zero attached hydrogens (tertiary/aromatic N) is 1. The van der Waals surface area contributed by atoms with Gasteiger partial charge in [0, 0.05) is 18.1 Å². The van der Waals surface area contributed by atoms with Crippen LogP contribution in [0.25, 0.3) is 0 Å². The van der Waals surface area contributed by atoms with Crippen molar-refractivity contribution < 1.29 is 0 Å². The van der Waals surface area contributed by atoms with Crippen molar-refractivity contribution in [3.05, 3.63) is 12.2 Å². The van der Waals surface area contributed by atoms with E-state index in [4.69, 9.17) is 0 Å². The quantitative estimate of drug-likeness (QED) is 0.0756. The van der Waals surface area contributed by atoms with E-state index in [0.29, 0.717) is 0 Å². The minimum atomic E-state index is 1.25. The van der Waals surface area contributed by atoms with Gasteiger partial charge in [-0.1, -0.05) is 144 Å².